The van der Waals surface area contributed by atoms with Crippen LogP contribution in [0.5, 0.6) is 0 Å². The van der Waals surface area contributed by atoms with Gasteiger partial charge in [-0.2, -0.15) is 0 Å². The Morgan fingerprint density at radius 2 is 0.885 bits per heavy atom. The zero-order chi connectivity index (χ0) is 44.6. The van der Waals surface area contributed by atoms with Crippen LogP contribution in [0.25, 0.3) is 0 Å². The van der Waals surface area contributed by atoms with E-state index in [1.165, 1.54) is 122 Å². The summed E-state index contributed by atoms with van der Waals surface area (Å²) < 4.78 is 27.0. The molecule has 10 heteroatoms. The number of phosphoric acid groups is 1. The van der Waals surface area contributed by atoms with Gasteiger partial charge >= 0.3 is 13.8 Å². The molecule has 0 saturated heterocycles. The van der Waals surface area contributed by atoms with E-state index in [-0.39, 0.29) is 32.1 Å². The van der Waals surface area contributed by atoms with Gasteiger partial charge in [-0.3, -0.25) is 18.6 Å². The van der Waals surface area contributed by atoms with Gasteiger partial charge in [-0.1, -0.05) is 184 Å². The molecule has 0 heterocycles. The highest BCUT2D eigenvalue weighted by Gasteiger charge is 2.23. The summed E-state index contributed by atoms with van der Waals surface area (Å²) >= 11 is 0. The zero-order valence-electron chi connectivity index (χ0n) is 39.1. The number of hydrogen-bond donors (Lipinski definition) is 3. The predicted octanol–water partition coefficient (Wildman–Crippen LogP) is 14.4. The van der Waals surface area contributed by atoms with Crippen molar-refractivity contribution in [3.05, 3.63) is 60.8 Å². The molecule has 0 bridgehead atoms. The van der Waals surface area contributed by atoms with Crippen LogP contribution in [0.4, 0.5) is 0 Å². The van der Waals surface area contributed by atoms with Crippen molar-refractivity contribution in [3.63, 3.8) is 0 Å². The fraction of sp³-hybridized carbons (Fsp3) is 0.765. The Hall–Kier alpha value is -2.29. The minimum absolute atomic E-state index is 0.0771. The van der Waals surface area contributed by atoms with Crippen LogP contribution in [-0.4, -0.2) is 54.3 Å². The van der Waals surface area contributed by atoms with E-state index < -0.39 is 26.5 Å². The van der Waals surface area contributed by atoms with Crippen LogP contribution in [0.15, 0.2) is 60.8 Å². The molecule has 0 aliphatic carbocycles. The summed E-state index contributed by atoms with van der Waals surface area (Å²) in [5, 5.41) is 12.7. The zero-order valence-corrected chi connectivity index (χ0v) is 40.0. The highest BCUT2D eigenvalue weighted by atomic mass is 31.2. The number of rotatable bonds is 46. The molecule has 1 amide bonds. The van der Waals surface area contributed by atoms with Crippen molar-refractivity contribution in [3.8, 4) is 0 Å². The normalized spacial score (nSPS) is 13.7. The maximum absolute atomic E-state index is 12.1. The number of aliphatic hydroxyl groups excluding tert-OH is 1. The largest absolute Gasteiger partial charge is 0.472 e. The number of amides is 1. The Balaban J connectivity index is 3.59. The molecule has 0 aliphatic heterocycles. The first-order valence-corrected chi connectivity index (χ1v) is 26.3. The number of carbonyl (C=O) groups excluding carboxylic acids is 2. The molecule has 61 heavy (non-hydrogen) atoms. The third-order valence-corrected chi connectivity index (χ3v) is 11.4. The van der Waals surface area contributed by atoms with Crippen LogP contribution < -0.4 is 5.32 Å². The van der Waals surface area contributed by atoms with E-state index in [1.54, 1.807) is 0 Å². The van der Waals surface area contributed by atoms with Gasteiger partial charge in [0.1, 0.15) is 12.7 Å². The molecule has 0 rings (SSSR count). The smallest absolute Gasteiger partial charge is 0.463 e. The van der Waals surface area contributed by atoms with E-state index in [2.05, 4.69) is 79.9 Å². The summed E-state index contributed by atoms with van der Waals surface area (Å²) in [5.74, 6) is -0.530. The highest BCUT2D eigenvalue weighted by molar-refractivity contribution is 7.47. The summed E-state index contributed by atoms with van der Waals surface area (Å²) in [4.78, 5) is 34.0. The highest BCUT2D eigenvalue weighted by Crippen LogP contribution is 2.42. The van der Waals surface area contributed by atoms with E-state index in [0.717, 1.165) is 70.6 Å². The molecule has 2 atom stereocenters. The number of carbonyl (C=O) groups is 2. The van der Waals surface area contributed by atoms with Crippen LogP contribution in [0, 0.1) is 0 Å². The molecule has 3 N–H and O–H groups in total. The quantitative estimate of drug-likeness (QED) is 0.0238. The van der Waals surface area contributed by atoms with Crippen LogP contribution in [-0.2, 0) is 27.9 Å². The summed E-state index contributed by atoms with van der Waals surface area (Å²) in [5.41, 5.74) is 0. The van der Waals surface area contributed by atoms with E-state index >= 15 is 0 Å². The molecule has 0 spiro atoms. The first-order valence-electron chi connectivity index (χ1n) is 24.8. The van der Waals surface area contributed by atoms with E-state index in [1.807, 2.05) is 0 Å². The van der Waals surface area contributed by atoms with Crippen LogP contribution in [0.2, 0.25) is 0 Å². The molecule has 0 radical (unpaired) electrons. The maximum Gasteiger partial charge on any atom is 0.472 e. The predicted molar refractivity (Wildman–Crippen MR) is 256 cm³/mol. The SMILES string of the molecule is CCCCC/C=C\C/C=C\C/C=C\CCCCCCCCC(=O)OCC(O)COP(=O)(O)OCCNC(=O)CCCCCCCCCCCCC/C=C\C/C=C\CCCCC. The second-order valence-electron chi connectivity index (χ2n) is 16.4. The molecule has 0 fully saturated rings. The summed E-state index contributed by atoms with van der Waals surface area (Å²) in [6, 6.07) is 0. The van der Waals surface area contributed by atoms with Crippen molar-refractivity contribution in [2.45, 2.75) is 225 Å². The van der Waals surface area contributed by atoms with Crippen molar-refractivity contribution in [2.75, 3.05) is 26.4 Å². The molecule has 0 aliphatic rings. The lowest BCUT2D eigenvalue weighted by Gasteiger charge is -2.15. The topological polar surface area (TPSA) is 131 Å². The minimum Gasteiger partial charge on any atom is -0.463 e. The van der Waals surface area contributed by atoms with Crippen molar-refractivity contribution >= 4 is 19.7 Å². The van der Waals surface area contributed by atoms with E-state index in [9.17, 15) is 24.2 Å². The molecule has 354 valence electrons. The molecule has 0 aromatic rings. The van der Waals surface area contributed by atoms with Gasteiger partial charge in [-0.25, -0.2) is 4.57 Å². The maximum atomic E-state index is 12.1. The van der Waals surface area contributed by atoms with Gasteiger partial charge in [0.25, 0.3) is 0 Å². The number of unbranched alkanes of at least 4 members (excludes halogenated alkanes) is 23. The average Bonchev–Trinajstić information content (AvgIpc) is 3.25. The third-order valence-electron chi connectivity index (χ3n) is 10.4. The van der Waals surface area contributed by atoms with Gasteiger partial charge in [0.15, 0.2) is 0 Å². The molecule has 0 aromatic carbocycles. The number of hydrogen-bond acceptors (Lipinski definition) is 7. The van der Waals surface area contributed by atoms with Gasteiger partial charge < -0.3 is 20.1 Å². The number of aliphatic hydroxyl groups is 1. The minimum atomic E-state index is -4.43. The summed E-state index contributed by atoms with van der Waals surface area (Å²) in [7, 11) is -4.43. The molecular formula is C51H92NO8P. The first-order chi connectivity index (χ1) is 29.8. The monoisotopic (exact) mass is 878 g/mol. The summed E-state index contributed by atoms with van der Waals surface area (Å²) in [6.45, 7) is 3.50. The Bertz CT molecular complexity index is 1180. The lowest BCUT2D eigenvalue weighted by Crippen LogP contribution is -2.27. The van der Waals surface area contributed by atoms with Crippen LogP contribution in [0.1, 0.15) is 219 Å². The van der Waals surface area contributed by atoms with Gasteiger partial charge in [-0.15, -0.1) is 0 Å². The van der Waals surface area contributed by atoms with E-state index in [0.29, 0.717) is 6.42 Å². The van der Waals surface area contributed by atoms with Gasteiger partial charge in [0, 0.05) is 19.4 Å². The van der Waals surface area contributed by atoms with Crippen LogP contribution in [0.3, 0.4) is 0 Å². The van der Waals surface area contributed by atoms with Gasteiger partial charge in [0.2, 0.25) is 5.91 Å². The third kappa shape index (κ3) is 48.6. The average molecular weight is 878 g/mol. The van der Waals surface area contributed by atoms with Gasteiger partial charge in [-0.05, 0) is 83.5 Å². The van der Waals surface area contributed by atoms with Crippen molar-refractivity contribution in [1.82, 2.24) is 5.32 Å². The lowest BCUT2D eigenvalue weighted by molar-refractivity contribution is -0.147. The second-order valence-corrected chi connectivity index (χ2v) is 17.9. The molecule has 0 aromatic heterocycles. The second kappa shape index (κ2) is 47.2. The molecule has 0 saturated carbocycles. The Labute approximate surface area is 374 Å². The molecule has 9 nitrogen and oxygen atoms in total. The fourth-order valence-corrected chi connectivity index (χ4v) is 7.41. The van der Waals surface area contributed by atoms with Crippen molar-refractivity contribution in [1.29, 1.82) is 0 Å². The fourth-order valence-electron chi connectivity index (χ4n) is 6.65. The van der Waals surface area contributed by atoms with Crippen molar-refractivity contribution in [2.24, 2.45) is 0 Å². The number of allylic oxidation sites excluding steroid dienone is 10. The Morgan fingerprint density at radius 1 is 0.508 bits per heavy atom. The molecular weight excluding hydrogens is 786 g/mol. The van der Waals surface area contributed by atoms with Gasteiger partial charge in [0.05, 0.1) is 13.2 Å². The van der Waals surface area contributed by atoms with Crippen molar-refractivity contribution < 1.29 is 37.9 Å². The standard InChI is InChI=1S/C51H92NO8P/c1-3-5-7-9-11-13-15-17-19-21-23-24-26-27-29-31-33-35-37-39-41-43-50(54)52-45-46-59-61(56,57)60-48-49(53)47-58-51(55)44-42-40-38-36-34-32-30-28-25-22-20-18-16-14-12-10-8-6-4-2/h11-14,17-20,25,28,49,53H,3-10,15-16,21-24,26-27,29-48H2,1-2H3,(H,52,54)(H,56,57)/b13-11-,14-12-,19-17-,20-18-,28-25-. The van der Waals surface area contributed by atoms with E-state index in [4.69, 9.17) is 13.8 Å². The number of esters is 1. The number of nitrogens with one attached hydrogen (secondary N) is 1. The summed E-state index contributed by atoms with van der Waals surface area (Å²) in [6.07, 6.45) is 57.2. The Morgan fingerprint density at radius 3 is 1.33 bits per heavy atom. The first kappa shape index (κ1) is 58.7. The lowest BCUT2D eigenvalue weighted by atomic mass is 10.0. The van der Waals surface area contributed by atoms with Crippen LogP contribution >= 0.6 is 7.82 Å². The Kier molecular flexibility index (Phi) is 45.4. The number of ether oxygens (including phenoxy) is 1. The molecule has 2 unspecified atom stereocenters. The number of phosphoric ester groups is 1.